The van der Waals surface area contributed by atoms with Gasteiger partial charge >= 0.3 is 0 Å². The molecule has 1 aliphatic carbocycles. The van der Waals surface area contributed by atoms with Crippen molar-refractivity contribution in [2.75, 3.05) is 0 Å². The summed E-state index contributed by atoms with van der Waals surface area (Å²) in [5, 5.41) is 0. The van der Waals surface area contributed by atoms with E-state index in [9.17, 15) is 8.42 Å². The molecule has 0 atom stereocenters. The maximum Gasteiger partial charge on any atom is 0.187 e. The molecule has 6 heteroatoms. The van der Waals surface area contributed by atoms with Gasteiger partial charge in [0.05, 0.1) is 10.6 Å². The molecule has 2 aromatic rings. The molecule has 2 aromatic heterocycles. The number of hydrogen-bond donors (Lipinski definition) is 0. The van der Waals surface area contributed by atoms with E-state index in [2.05, 4.69) is 15.0 Å². The lowest BCUT2D eigenvalue weighted by Gasteiger charge is -2.11. The van der Waals surface area contributed by atoms with E-state index in [0.29, 0.717) is 16.4 Å². The molecule has 1 fully saturated rings. The van der Waals surface area contributed by atoms with Crippen LogP contribution in [-0.4, -0.2) is 23.4 Å². The first-order valence-corrected chi connectivity index (χ1v) is 8.17. The zero-order valence-electron chi connectivity index (χ0n) is 11.2. The second-order valence-corrected chi connectivity index (χ2v) is 6.97. The van der Waals surface area contributed by atoms with Crippen LogP contribution in [-0.2, 0) is 15.6 Å². The minimum absolute atomic E-state index is 0.180. The summed E-state index contributed by atoms with van der Waals surface area (Å²) < 4.78 is 25.3. The smallest absolute Gasteiger partial charge is 0.187 e. The Balaban J connectivity index is 2.03. The van der Waals surface area contributed by atoms with Crippen molar-refractivity contribution in [2.45, 2.75) is 36.3 Å². The van der Waals surface area contributed by atoms with Gasteiger partial charge in [-0.25, -0.2) is 18.4 Å². The van der Waals surface area contributed by atoms with Gasteiger partial charge in [-0.2, -0.15) is 0 Å². The molecule has 0 aliphatic heterocycles. The van der Waals surface area contributed by atoms with E-state index >= 15 is 0 Å². The van der Waals surface area contributed by atoms with Gasteiger partial charge in [-0.1, -0.05) is 0 Å². The number of sulfone groups is 1. The van der Waals surface area contributed by atoms with Gasteiger partial charge in [0.2, 0.25) is 0 Å². The molecular formula is C14H15N3O2S. The SMILES string of the molecule is Cc1ccnc(C2CC2)c1S(=O)(=O)Cc1ncccn1. The lowest BCUT2D eigenvalue weighted by Crippen LogP contribution is -2.12. The van der Waals surface area contributed by atoms with Crippen LogP contribution in [0.1, 0.15) is 35.8 Å². The number of nitrogens with zero attached hydrogens (tertiary/aromatic N) is 3. The number of hydrogen-bond acceptors (Lipinski definition) is 5. The highest BCUT2D eigenvalue weighted by atomic mass is 32.2. The second kappa shape index (κ2) is 4.94. The van der Waals surface area contributed by atoms with Gasteiger partial charge in [-0.05, 0) is 37.5 Å². The maximum absolute atomic E-state index is 12.7. The number of pyridine rings is 1. The van der Waals surface area contributed by atoms with Crippen LogP contribution in [0.4, 0.5) is 0 Å². The van der Waals surface area contributed by atoms with Crippen LogP contribution in [0.15, 0.2) is 35.6 Å². The van der Waals surface area contributed by atoms with E-state index in [1.165, 1.54) is 0 Å². The molecule has 0 amide bonds. The molecule has 3 rings (SSSR count). The van der Waals surface area contributed by atoms with E-state index in [1.54, 1.807) is 30.7 Å². The Morgan fingerprint density at radius 2 is 1.85 bits per heavy atom. The van der Waals surface area contributed by atoms with Crippen LogP contribution in [0.3, 0.4) is 0 Å². The third kappa shape index (κ3) is 2.56. The standard InChI is InChI=1S/C14H15N3O2S/c1-10-5-8-17-13(11-3-4-11)14(10)20(18,19)9-12-15-6-2-7-16-12/h2,5-8,11H,3-4,9H2,1H3. The average Bonchev–Trinajstić information content (AvgIpc) is 3.23. The molecule has 0 N–H and O–H groups in total. The first kappa shape index (κ1) is 13.2. The lowest BCUT2D eigenvalue weighted by molar-refractivity contribution is 0.591. The fourth-order valence-corrected chi connectivity index (χ4v) is 3.99. The van der Waals surface area contributed by atoms with Crippen molar-refractivity contribution in [3.63, 3.8) is 0 Å². The van der Waals surface area contributed by atoms with Crippen molar-refractivity contribution in [1.29, 1.82) is 0 Å². The van der Waals surface area contributed by atoms with Gasteiger partial charge in [0, 0.05) is 24.5 Å². The summed E-state index contributed by atoms with van der Waals surface area (Å²) in [6, 6.07) is 3.41. The molecule has 20 heavy (non-hydrogen) atoms. The van der Waals surface area contributed by atoms with Gasteiger partial charge in [-0.15, -0.1) is 0 Å². The third-order valence-corrected chi connectivity index (χ3v) is 5.13. The molecule has 1 aliphatic rings. The van der Waals surface area contributed by atoms with Crippen molar-refractivity contribution in [3.8, 4) is 0 Å². The Kier molecular flexibility index (Phi) is 3.25. The fourth-order valence-electron chi connectivity index (χ4n) is 2.26. The fraction of sp³-hybridized carbons (Fsp3) is 0.357. The topological polar surface area (TPSA) is 72.8 Å². The highest BCUT2D eigenvalue weighted by Gasteiger charge is 2.33. The van der Waals surface area contributed by atoms with E-state index in [-0.39, 0.29) is 11.7 Å². The van der Waals surface area contributed by atoms with Crippen molar-refractivity contribution >= 4 is 9.84 Å². The summed E-state index contributed by atoms with van der Waals surface area (Å²) >= 11 is 0. The van der Waals surface area contributed by atoms with Gasteiger partial charge in [0.1, 0.15) is 11.6 Å². The zero-order chi connectivity index (χ0) is 14.2. The molecule has 2 heterocycles. The van der Waals surface area contributed by atoms with Crippen LogP contribution in [0.5, 0.6) is 0 Å². The zero-order valence-corrected chi connectivity index (χ0v) is 12.0. The molecule has 104 valence electrons. The predicted octanol–water partition coefficient (Wildman–Crippen LogP) is 2.03. The van der Waals surface area contributed by atoms with Crippen molar-refractivity contribution < 1.29 is 8.42 Å². The lowest BCUT2D eigenvalue weighted by atomic mass is 10.2. The Bertz CT molecular complexity index is 725. The number of rotatable bonds is 4. The van der Waals surface area contributed by atoms with Gasteiger partial charge in [0.25, 0.3) is 0 Å². The van der Waals surface area contributed by atoms with Crippen LogP contribution in [0.25, 0.3) is 0 Å². The van der Waals surface area contributed by atoms with Crippen LogP contribution in [0, 0.1) is 6.92 Å². The predicted molar refractivity (Wildman–Crippen MR) is 73.9 cm³/mol. The first-order chi connectivity index (χ1) is 9.58. The highest BCUT2D eigenvalue weighted by Crippen LogP contribution is 2.42. The van der Waals surface area contributed by atoms with Crippen LogP contribution >= 0.6 is 0 Å². The van der Waals surface area contributed by atoms with E-state index in [0.717, 1.165) is 18.4 Å². The van der Waals surface area contributed by atoms with Crippen molar-refractivity contribution in [2.24, 2.45) is 0 Å². The second-order valence-electron chi connectivity index (χ2n) is 5.04. The largest absolute Gasteiger partial charge is 0.260 e. The summed E-state index contributed by atoms with van der Waals surface area (Å²) in [6.07, 6.45) is 6.81. The van der Waals surface area contributed by atoms with E-state index in [4.69, 9.17) is 0 Å². The Morgan fingerprint density at radius 3 is 2.50 bits per heavy atom. The van der Waals surface area contributed by atoms with E-state index in [1.807, 2.05) is 6.92 Å². The summed E-state index contributed by atoms with van der Waals surface area (Å²) in [4.78, 5) is 12.7. The number of aryl methyl sites for hydroxylation is 1. The number of aromatic nitrogens is 3. The molecule has 1 saturated carbocycles. The van der Waals surface area contributed by atoms with Crippen molar-refractivity contribution in [1.82, 2.24) is 15.0 Å². The van der Waals surface area contributed by atoms with Crippen molar-refractivity contribution in [3.05, 3.63) is 47.8 Å². The molecule has 0 spiro atoms. The average molecular weight is 289 g/mol. The molecule has 0 bridgehead atoms. The summed E-state index contributed by atoms with van der Waals surface area (Å²) in [7, 11) is -3.47. The Labute approximate surface area is 118 Å². The van der Waals surface area contributed by atoms with Gasteiger partial charge in [0.15, 0.2) is 9.84 Å². The van der Waals surface area contributed by atoms with Crippen LogP contribution < -0.4 is 0 Å². The molecular weight excluding hydrogens is 274 g/mol. The Hall–Kier alpha value is -1.82. The van der Waals surface area contributed by atoms with Crippen LogP contribution in [0.2, 0.25) is 0 Å². The summed E-state index contributed by atoms with van der Waals surface area (Å²) in [5.74, 6) is 0.425. The molecule has 5 nitrogen and oxygen atoms in total. The van der Waals surface area contributed by atoms with Gasteiger partial charge in [-0.3, -0.25) is 4.98 Å². The molecule has 0 radical (unpaired) electrons. The normalized spacial score (nSPS) is 15.2. The summed E-state index contributed by atoms with van der Waals surface area (Å²) in [6.45, 7) is 1.81. The Morgan fingerprint density at radius 1 is 1.15 bits per heavy atom. The highest BCUT2D eigenvalue weighted by molar-refractivity contribution is 7.90. The van der Waals surface area contributed by atoms with Gasteiger partial charge < -0.3 is 0 Å². The molecule has 0 aromatic carbocycles. The quantitative estimate of drug-likeness (QED) is 0.861. The molecule has 0 unspecified atom stereocenters. The molecule has 0 saturated heterocycles. The third-order valence-electron chi connectivity index (χ3n) is 3.34. The minimum atomic E-state index is -3.47. The van der Waals surface area contributed by atoms with E-state index < -0.39 is 9.84 Å². The maximum atomic E-state index is 12.7. The minimum Gasteiger partial charge on any atom is -0.260 e. The monoisotopic (exact) mass is 289 g/mol. The first-order valence-electron chi connectivity index (χ1n) is 6.52. The summed E-state index contributed by atoms with van der Waals surface area (Å²) in [5.41, 5.74) is 1.46.